The Balaban J connectivity index is 0.944. The first-order valence-electron chi connectivity index (χ1n) is 17.8. The minimum Gasteiger partial charge on any atom is -0.490 e. The van der Waals surface area contributed by atoms with Gasteiger partial charge >= 0.3 is 29.1 Å². The van der Waals surface area contributed by atoms with E-state index in [4.69, 9.17) is 46.3 Å². The normalized spacial score (nSPS) is 26.2. The Morgan fingerprint density at radius 2 is 1.70 bits per heavy atom. The third-order valence-electron chi connectivity index (χ3n) is 9.16. The molecular formula is C30H40ClN11O16P3+. The van der Waals surface area contributed by atoms with Crippen molar-refractivity contribution in [2.75, 3.05) is 45.7 Å². The first-order valence-corrected chi connectivity index (χ1v) is 22.6. The Morgan fingerprint density at radius 1 is 1.02 bits per heavy atom. The van der Waals surface area contributed by atoms with Gasteiger partial charge in [0.1, 0.15) is 42.9 Å². The van der Waals surface area contributed by atoms with E-state index < -0.39 is 79.1 Å². The number of aliphatic hydroxyl groups is 2. The van der Waals surface area contributed by atoms with Crippen LogP contribution in [-0.2, 0) is 47.4 Å². The molecule has 0 bridgehead atoms. The third-order valence-corrected chi connectivity index (χ3v) is 13.7. The largest absolute Gasteiger partial charge is 0.490 e. The second kappa shape index (κ2) is 17.6. The number of aromatic amines is 1. The highest BCUT2D eigenvalue weighted by atomic mass is 35.5. The third kappa shape index (κ3) is 10.4. The summed E-state index contributed by atoms with van der Waals surface area (Å²) in [6.45, 7) is 2.68. The first kappa shape index (κ1) is 44.9. The molecule has 3 aliphatic heterocycles. The van der Waals surface area contributed by atoms with Gasteiger partial charge in [0, 0.05) is 11.6 Å². The van der Waals surface area contributed by atoms with Gasteiger partial charge in [0.15, 0.2) is 30.6 Å². The number of phosphoric ester groups is 2. The smallest absolute Gasteiger partial charge is 0.490 e. The second-order valence-electron chi connectivity index (χ2n) is 13.7. The fourth-order valence-electron chi connectivity index (χ4n) is 6.57. The number of H-pyrrole nitrogens is 1. The number of halogens is 1. The average Bonchev–Trinajstić information content (AvgIpc) is 3.83. The van der Waals surface area contributed by atoms with Crippen molar-refractivity contribution in [1.82, 2.24) is 34.3 Å². The average molecular weight is 939 g/mol. The molecule has 6 heterocycles. The quantitative estimate of drug-likeness (QED) is 0.0508. The Labute approximate surface area is 348 Å². The van der Waals surface area contributed by atoms with Crippen LogP contribution in [0.3, 0.4) is 0 Å². The molecule has 7 rings (SSSR count). The number of nitrogens with two attached hydrogens (primary N) is 2. The Kier molecular flexibility index (Phi) is 12.9. The minimum atomic E-state index is -5.92. The number of aliphatic hydroxyl groups excluding tert-OH is 2. The minimum absolute atomic E-state index is 0.0456. The monoisotopic (exact) mass is 938 g/mol. The summed E-state index contributed by atoms with van der Waals surface area (Å²) in [7, 11) is -15.4. The molecule has 31 heteroatoms. The number of likely N-dealkylation sites (N-methyl/N-ethyl adjacent to an activating group) is 1. The number of imidazole rings is 2. The van der Waals surface area contributed by atoms with Crippen LogP contribution in [-0.4, -0.2) is 124 Å². The number of rotatable bonds is 16. The van der Waals surface area contributed by atoms with Crippen LogP contribution in [0.1, 0.15) is 18.1 Å². The molecule has 1 aromatic carbocycles. The van der Waals surface area contributed by atoms with Gasteiger partial charge in [-0.1, -0.05) is 23.2 Å². The van der Waals surface area contributed by atoms with Crippen molar-refractivity contribution < 1.29 is 75.0 Å². The van der Waals surface area contributed by atoms with E-state index >= 15 is 0 Å². The fourth-order valence-corrected chi connectivity index (χ4v) is 10.2. The highest BCUT2D eigenvalue weighted by molar-refractivity contribution is 7.66. The summed E-state index contributed by atoms with van der Waals surface area (Å²) in [5, 5.41) is 24.4. The number of phosphoric acid groups is 3. The molecule has 332 valence electrons. The fraction of sp³-hybridized carbons (Fsp3) is 0.433. The van der Waals surface area contributed by atoms with Gasteiger partial charge in [0.2, 0.25) is 5.52 Å². The van der Waals surface area contributed by atoms with E-state index in [1.807, 2.05) is 0 Å². The molecule has 0 radical (unpaired) electrons. The number of fused-ring (bicyclic) bond motifs is 2. The molecule has 0 aliphatic carbocycles. The Hall–Kier alpha value is -4.11. The van der Waals surface area contributed by atoms with E-state index in [-0.39, 0.29) is 66.5 Å². The van der Waals surface area contributed by atoms with E-state index in [9.17, 15) is 43.4 Å². The number of anilines is 1. The zero-order chi connectivity index (χ0) is 44.0. The van der Waals surface area contributed by atoms with E-state index in [1.54, 1.807) is 47.1 Å². The molecule has 0 amide bonds. The number of aliphatic imine (C=N–C) groups is 1. The second-order valence-corrected chi connectivity index (χ2v) is 18.8. The van der Waals surface area contributed by atoms with Gasteiger partial charge in [0.25, 0.3) is 11.5 Å². The lowest BCUT2D eigenvalue weighted by Gasteiger charge is -2.34. The first-order chi connectivity index (χ1) is 28.7. The van der Waals surface area contributed by atoms with Crippen molar-refractivity contribution >= 4 is 69.7 Å². The number of benzene rings is 1. The molecule has 11 N–H and O–H groups in total. The summed E-state index contributed by atoms with van der Waals surface area (Å²) < 4.78 is 78.0. The molecule has 3 aliphatic rings. The van der Waals surface area contributed by atoms with Crippen LogP contribution in [0.25, 0.3) is 16.9 Å². The van der Waals surface area contributed by atoms with Crippen LogP contribution in [0.15, 0.2) is 53.3 Å². The van der Waals surface area contributed by atoms with Crippen molar-refractivity contribution in [3.63, 3.8) is 0 Å². The maximum Gasteiger partial charge on any atom is 0.490 e. The number of nitrogens with one attached hydrogen (secondary N) is 2. The number of morpholine rings is 1. The molecule has 27 nitrogen and oxygen atoms in total. The van der Waals surface area contributed by atoms with Crippen molar-refractivity contribution in [2.24, 2.45) is 10.7 Å². The van der Waals surface area contributed by atoms with Crippen molar-refractivity contribution in [3.8, 4) is 5.75 Å². The van der Waals surface area contributed by atoms with Crippen molar-refractivity contribution in [2.45, 2.75) is 43.4 Å². The highest BCUT2D eigenvalue weighted by Crippen LogP contribution is 2.67. The summed E-state index contributed by atoms with van der Waals surface area (Å²) in [5.74, 6) is 0.436. The van der Waals surface area contributed by atoms with E-state index in [1.165, 1.54) is 15.5 Å². The van der Waals surface area contributed by atoms with Gasteiger partial charge in [-0.05, 0) is 31.3 Å². The van der Waals surface area contributed by atoms with Crippen LogP contribution >= 0.6 is 35.1 Å². The molecule has 0 spiro atoms. The maximum atomic E-state index is 13.0. The molecule has 61 heavy (non-hydrogen) atoms. The predicted molar refractivity (Wildman–Crippen MR) is 208 cm³/mol. The standard InChI is InChI=1S/C30H39ClN11O16P3/c1-15-21-25(36-29(32)35-15)41(13-34-21)28-24(44)23(43)19(56-28)12-54-60(48,49)58-61(50,51)57-59(46,47)53-11-18-9-39(2)10-20(55-18)42-14-40(22-26(42)37-30(33)38-27(22)45)7-8-52-17-5-3-16(31)4-6-17/h3-6,13-14,18-20,23-24,28,43-44H,1,7-12H2,2H3,(H8-,32,33,35,36,37,38,45,46,47,48,49,50,51)/p+1/t18-,19?,20?,23+,24+,28+/m0/s1. The van der Waals surface area contributed by atoms with Gasteiger partial charge in [-0.2, -0.15) is 13.6 Å². The number of ether oxygens (including phenoxy) is 3. The van der Waals surface area contributed by atoms with Gasteiger partial charge in [-0.3, -0.25) is 32.9 Å². The van der Waals surface area contributed by atoms with E-state index in [0.29, 0.717) is 10.8 Å². The van der Waals surface area contributed by atoms with Crippen LogP contribution in [0.4, 0.5) is 11.8 Å². The highest BCUT2D eigenvalue weighted by Gasteiger charge is 2.48. The number of aromatic nitrogens is 6. The van der Waals surface area contributed by atoms with E-state index in [2.05, 4.69) is 40.5 Å². The van der Waals surface area contributed by atoms with Crippen molar-refractivity contribution in [3.05, 3.63) is 64.6 Å². The zero-order valence-electron chi connectivity index (χ0n) is 31.6. The topological polar surface area (TPSA) is 369 Å². The summed E-state index contributed by atoms with van der Waals surface area (Å²) in [6.07, 6.45) is -5.43. The van der Waals surface area contributed by atoms with Gasteiger partial charge in [-0.25, -0.2) is 23.2 Å². The van der Waals surface area contributed by atoms with Crippen LogP contribution in [0.5, 0.6) is 5.75 Å². The number of guanidine groups is 1. The lowest BCUT2D eigenvalue weighted by atomic mass is 10.1. The molecule has 5 unspecified atom stereocenters. The summed E-state index contributed by atoms with van der Waals surface area (Å²) in [6, 6.07) is 6.69. The van der Waals surface area contributed by atoms with Crippen LogP contribution < -0.4 is 31.6 Å². The summed E-state index contributed by atoms with van der Waals surface area (Å²) in [5.41, 5.74) is 11.9. The number of nitrogen functional groups attached to an aromatic ring is 1. The molecular weight excluding hydrogens is 899 g/mol. The van der Waals surface area contributed by atoms with Crippen molar-refractivity contribution in [1.29, 1.82) is 0 Å². The lowest BCUT2D eigenvalue weighted by molar-refractivity contribution is -0.747. The Morgan fingerprint density at radius 3 is 2.41 bits per heavy atom. The Bertz CT molecular complexity index is 2540. The van der Waals surface area contributed by atoms with Gasteiger partial charge < -0.3 is 55.9 Å². The van der Waals surface area contributed by atoms with Gasteiger partial charge in [-0.15, -0.1) is 0 Å². The molecule has 3 aromatic heterocycles. The SMILES string of the molecule is C=C1NC(N)=Nc2c1ncn2[C@@H]1OC(COP(=O)(O)OP(=O)(O)OP(=O)(O)OC[C@@H]2CN(C)CC([n+]3cn(CCOc4ccc(Cl)cc4)c4c(=O)[nH]c(N)nc43)O2)[C@@H](O)[C@H]1O. The molecule has 4 aromatic rings. The van der Waals surface area contributed by atoms with Crippen LogP contribution in [0, 0.1) is 0 Å². The predicted octanol–water partition coefficient (Wildman–Crippen LogP) is -0.440. The van der Waals surface area contributed by atoms with E-state index in [0.717, 1.165) is 0 Å². The van der Waals surface area contributed by atoms with Gasteiger partial charge in [0.05, 0.1) is 37.9 Å². The molecule has 9 atom stereocenters. The number of hydrogen-bond donors (Lipinski definition) is 9. The maximum absolute atomic E-state index is 13.0. The molecule has 2 saturated heterocycles. The molecule has 0 saturated carbocycles. The van der Waals surface area contributed by atoms with Crippen LogP contribution in [0.2, 0.25) is 5.02 Å². The number of hydrogen-bond acceptors (Lipinski definition) is 20. The lowest BCUT2D eigenvalue weighted by Crippen LogP contribution is -2.54. The zero-order valence-corrected chi connectivity index (χ0v) is 35.0. The summed E-state index contributed by atoms with van der Waals surface area (Å²) >= 11 is 5.94. The number of nitrogens with zero attached hydrogens (tertiary/aromatic N) is 7. The molecule has 2 fully saturated rings. The summed E-state index contributed by atoms with van der Waals surface area (Å²) in [4.78, 5) is 60.4.